The molecule has 1 aromatic heterocycles. The van der Waals surface area contributed by atoms with E-state index in [4.69, 9.17) is 16.4 Å². The van der Waals surface area contributed by atoms with Gasteiger partial charge in [-0.2, -0.15) is 10.4 Å². The highest BCUT2D eigenvalue weighted by atomic mass is 15.3. The van der Waals surface area contributed by atoms with E-state index in [0.717, 1.165) is 22.4 Å². The molecule has 1 heterocycles. The van der Waals surface area contributed by atoms with E-state index in [1.807, 2.05) is 42.5 Å². The second-order valence-electron chi connectivity index (χ2n) is 4.78. The van der Waals surface area contributed by atoms with E-state index < -0.39 is 0 Å². The van der Waals surface area contributed by atoms with Crippen LogP contribution in [0, 0.1) is 16.7 Å². The highest BCUT2D eigenvalue weighted by Crippen LogP contribution is 2.22. The van der Waals surface area contributed by atoms with Gasteiger partial charge in [0.15, 0.2) is 5.84 Å². The van der Waals surface area contributed by atoms with Crippen LogP contribution in [0.15, 0.2) is 53.6 Å². The van der Waals surface area contributed by atoms with Gasteiger partial charge in [-0.05, 0) is 24.3 Å². The molecule has 0 unspecified atom stereocenters. The summed E-state index contributed by atoms with van der Waals surface area (Å²) < 4.78 is 0. The number of amidine groups is 1. The Kier molecular flexibility index (Phi) is 3.72. The SMILES string of the molecule is N#C/C(=N\Nc1cccc(-c2nc3ccccc3[nH]2)c1)C(=N)N. The number of hydrogen-bond donors (Lipinski definition) is 4. The fourth-order valence-corrected chi connectivity index (χ4v) is 2.09. The van der Waals surface area contributed by atoms with Gasteiger partial charge >= 0.3 is 0 Å². The second-order valence-corrected chi connectivity index (χ2v) is 4.78. The van der Waals surface area contributed by atoms with Crippen molar-refractivity contribution >= 4 is 28.3 Å². The highest BCUT2D eigenvalue weighted by Gasteiger charge is 2.06. The van der Waals surface area contributed by atoms with Gasteiger partial charge < -0.3 is 10.7 Å². The monoisotopic (exact) mass is 303 g/mol. The third-order valence-corrected chi connectivity index (χ3v) is 3.18. The zero-order chi connectivity index (χ0) is 16.2. The van der Waals surface area contributed by atoms with Crippen LogP contribution in [0.1, 0.15) is 0 Å². The van der Waals surface area contributed by atoms with Crippen molar-refractivity contribution in [1.29, 1.82) is 10.7 Å². The number of fused-ring (bicyclic) bond motifs is 1. The molecule has 112 valence electrons. The summed E-state index contributed by atoms with van der Waals surface area (Å²) in [4.78, 5) is 7.79. The van der Waals surface area contributed by atoms with Crippen molar-refractivity contribution in [1.82, 2.24) is 9.97 Å². The van der Waals surface area contributed by atoms with Crippen LogP contribution in [0.3, 0.4) is 0 Å². The van der Waals surface area contributed by atoms with Gasteiger partial charge in [0, 0.05) is 5.56 Å². The molecule has 0 bridgehead atoms. The minimum Gasteiger partial charge on any atom is -0.382 e. The minimum atomic E-state index is -0.381. The van der Waals surface area contributed by atoms with Gasteiger partial charge in [-0.1, -0.05) is 24.3 Å². The number of nitrogens with two attached hydrogens (primary N) is 1. The first kappa shape index (κ1) is 14.3. The topological polar surface area (TPSA) is 127 Å². The molecule has 3 rings (SSSR count). The van der Waals surface area contributed by atoms with E-state index >= 15 is 0 Å². The molecule has 0 spiro atoms. The third-order valence-electron chi connectivity index (χ3n) is 3.18. The lowest BCUT2D eigenvalue weighted by Crippen LogP contribution is -2.21. The molecule has 0 atom stereocenters. The molecule has 5 N–H and O–H groups in total. The average molecular weight is 303 g/mol. The number of imidazole rings is 1. The molecule has 0 fully saturated rings. The molecule has 0 aliphatic rings. The van der Waals surface area contributed by atoms with Crippen molar-refractivity contribution in [2.24, 2.45) is 10.8 Å². The number of hydrazone groups is 1. The Bertz CT molecular complexity index is 913. The number of nitrogens with one attached hydrogen (secondary N) is 3. The maximum absolute atomic E-state index is 8.83. The third kappa shape index (κ3) is 3.01. The van der Waals surface area contributed by atoms with Crippen LogP contribution in [0.5, 0.6) is 0 Å². The van der Waals surface area contributed by atoms with Crippen LogP contribution in [0.2, 0.25) is 0 Å². The molecular weight excluding hydrogens is 290 g/mol. The number of aromatic amines is 1. The van der Waals surface area contributed by atoms with Gasteiger partial charge in [-0.25, -0.2) is 4.98 Å². The first-order valence-electron chi connectivity index (χ1n) is 6.81. The summed E-state index contributed by atoms with van der Waals surface area (Å²) in [6.45, 7) is 0. The van der Waals surface area contributed by atoms with Crippen LogP contribution in [0.25, 0.3) is 22.4 Å². The first-order valence-corrected chi connectivity index (χ1v) is 6.81. The van der Waals surface area contributed by atoms with Crippen LogP contribution in [-0.4, -0.2) is 21.5 Å². The number of nitriles is 1. The summed E-state index contributed by atoms with van der Waals surface area (Å²) in [6.07, 6.45) is 0. The first-order chi connectivity index (χ1) is 11.2. The van der Waals surface area contributed by atoms with Gasteiger partial charge in [0.05, 0.1) is 16.7 Å². The number of aromatic nitrogens is 2. The van der Waals surface area contributed by atoms with Crippen molar-refractivity contribution in [3.63, 3.8) is 0 Å². The van der Waals surface area contributed by atoms with Crippen LogP contribution >= 0.6 is 0 Å². The van der Waals surface area contributed by atoms with E-state index in [0.29, 0.717) is 5.69 Å². The van der Waals surface area contributed by atoms with Gasteiger partial charge in [0.1, 0.15) is 11.9 Å². The summed E-state index contributed by atoms with van der Waals surface area (Å²) in [5.41, 5.74) is 11.2. The van der Waals surface area contributed by atoms with E-state index in [2.05, 4.69) is 20.5 Å². The summed E-state index contributed by atoms with van der Waals surface area (Å²) in [6, 6.07) is 16.9. The number of anilines is 1. The van der Waals surface area contributed by atoms with Crippen LogP contribution in [0.4, 0.5) is 5.69 Å². The Hall–Kier alpha value is -3.66. The zero-order valence-electron chi connectivity index (χ0n) is 12.0. The van der Waals surface area contributed by atoms with Crippen molar-refractivity contribution in [3.8, 4) is 17.5 Å². The second kappa shape index (κ2) is 5.99. The molecule has 0 radical (unpaired) electrons. The Morgan fingerprint density at radius 3 is 2.83 bits per heavy atom. The number of rotatable bonds is 4. The highest BCUT2D eigenvalue weighted by molar-refractivity contribution is 6.45. The summed E-state index contributed by atoms with van der Waals surface area (Å²) in [5, 5.41) is 19.9. The number of nitrogens with zero attached hydrogens (tertiary/aromatic N) is 3. The Labute approximate surface area is 132 Å². The van der Waals surface area contributed by atoms with Gasteiger partial charge in [0.2, 0.25) is 5.71 Å². The predicted molar refractivity (Wildman–Crippen MR) is 90.1 cm³/mol. The number of hydrogen-bond acceptors (Lipinski definition) is 5. The molecule has 3 aromatic rings. The van der Waals surface area contributed by atoms with Crippen LogP contribution in [-0.2, 0) is 0 Å². The van der Waals surface area contributed by atoms with Crippen molar-refractivity contribution in [2.45, 2.75) is 0 Å². The molecular formula is C16H13N7. The fourth-order valence-electron chi connectivity index (χ4n) is 2.09. The lowest BCUT2D eigenvalue weighted by molar-refractivity contribution is 1.31. The van der Waals surface area contributed by atoms with E-state index in [9.17, 15) is 0 Å². The van der Waals surface area contributed by atoms with Crippen molar-refractivity contribution in [3.05, 3.63) is 48.5 Å². The van der Waals surface area contributed by atoms with E-state index in [1.165, 1.54) is 0 Å². The molecule has 0 aliphatic carbocycles. The Morgan fingerprint density at radius 2 is 2.09 bits per heavy atom. The zero-order valence-corrected chi connectivity index (χ0v) is 12.0. The summed E-state index contributed by atoms with van der Waals surface area (Å²) >= 11 is 0. The molecule has 0 saturated carbocycles. The van der Waals surface area contributed by atoms with E-state index in [-0.39, 0.29) is 11.5 Å². The van der Waals surface area contributed by atoms with E-state index in [1.54, 1.807) is 12.1 Å². The van der Waals surface area contributed by atoms with Gasteiger partial charge in [0.25, 0.3) is 0 Å². The number of para-hydroxylation sites is 2. The average Bonchev–Trinajstić information content (AvgIpc) is 2.99. The molecule has 7 heteroatoms. The largest absolute Gasteiger partial charge is 0.382 e. The normalized spacial score (nSPS) is 11.2. The lowest BCUT2D eigenvalue weighted by Gasteiger charge is -2.03. The molecule has 0 amide bonds. The maximum atomic E-state index is 8.83. The molecule has 2 aromatic carbocycles. The number of benzene rings is 2. The Balaban J connectivity index is 1.91. The fraction of sp³-hybridized carbons (Fsp3) is 0. The van der Waals surface area contributed by atoms with Crippen molar-refractivity contribution in [2.75, 3.05) is 5.43 Å². The van der Waals surface area contributed by atoms with Crippen LogP contribution < -0.4 is 11.2 Å². The van der Waals surface area contributed by atoms with Crippen molar-refractivity contribution < 1.29 is 0 Å². The molecule has 0 aliphatic heterocycles. The molecule has 23 heavy (non-hydrogen) atoms. The molecule has 7 nitrogen and oxygen atoms in total. The smallest absolute Gasteiger partial charge is 0.201 e. The maximum Gasteiger partial charge on any atom is 0.201 e. The summed E-state index contributed by atoms with van der Waals surface area (Å²) in [7, 11) is 0. The standard InChI is InChI=1S/C16H13N7/c17-9-14(15(18)19)23-22-11-5-3-4-10(8-11)16-20-12-6-1-2-7-13(12)21-16/h1-8,22H,(H3,18,19)(H,20,21)/b23-14+. The quantitative estimate of drug-likeness (QED) is 0.335. The minimum absolute atomic E-state index is 0.167. The summed E-state index contributed by atoms with van der Waals surface area (Å²) in [5.74, 6) is 0.361. The number of H-pyrrole nitrogens is 1. The predicted octanol–water partition coefficient (Wildman–Crippen LogP) is 2.46. The molecule has 0 saturated heterocycles. The van der Waals surface area contributed by atoms with Gasteiger partial charge in [-0.15, -0.1) is 0 Å². The Morgan fingerprint density at radius 1 is 1.26 bits per heavy atom. The lowest BCUT2D eigenvalue weighted by atomic mass is 10.2. The van der Waals surface area contributed by atoms with Gasteiger partial charge in [-0.3, -0.25) is 10.8 Å².